The number of hydrogen-bond donors (Lipinski definition) is 2. The summed E-state index contributed by atoms with van der Waals surface area (Å²) in [6.45, 7) is 1.42. The van der Waals surface area contributed by atoms with E-state index >= 15 is 0 Å². The van der Waals surface area contributed by atoms with Crippen molar-refractivity contribution in [3.8, 4) is 5.75 Å². The van der Waals surface area contributed by atoms with Crippen molar-refractivity contribution >= 4 is 39.6 Å². The number of rotatable bonds is 5. The second kappa shape index (κ2) is 8.26. The van der Waals surface area contributed by atoms with Gasteiger partial charge in [-0.3, -0.25) is 9.59 Å². The molecule has 124 valence electrons. The molecule has 0 spiro atoms. The number of hydrogen-bond acceptors (Lipinski definition) is 4. The smallest absolute Gasteiger partial charge is 0.271 e. The number of nitrogens with one attached hydrogen (secondary N) is 2. The summed E-state index contributed by atoms with van der Waals surface area (Å²) in [4.78, 5) is 23.0. The first-order valence-corrected chi connectivity index (χ1v) is 7.83. The van der Waals surface area contributed by atoms with E-state index in [-0.39, 0.29) is 11.8 Å². The normalized spacial score (nSPS) is 10.5. The fraction of sp³-hybridized carbons (Fsp3) is 0.118. The Balaban J connectivity index is 2.02. The summed E-state index contributed by atoms with van der Waals surface area (Å²) in [5, 5.41) is 6.58. The molecule has 0 unspecified atom stereocenters. The minimum Gasteiger partial charge on any atom is -0.496 e. The summed E-state index contributed by atoms with van der Waals surface area (Å²) in [6, 6.07) is 12.0. The Morgan fingerprint density at radius 3 is 2.50 bits per heavy atom. The van der Waals surface area contributed by atoms with Crippen LogP contribution in [0.15, 0.2) is 52.0 Å². The predicted molar refractivity (Wildman–Crippen MR) is 96.5 cm³/mol. The van der Waals surface area contributed by atoms with Crippen molar-refractivity contribution in [2.24, 2.45) is 5.10 Å². The number of carbonyl (C=O) groups excluding carboxylic acids is 2. The molecule has 0 aliphatic heterocycles. The summed E-state index contributed by atoms with van der Waals surface area (Å²) in [5.41, 5.74) is 4.24. The van der Waals surface area contributed by atoms with Crippen molar-refractivity contribution < 1.29 is 14.3 Å². The van der Waals surface area contributed by atoms with E-state index in [0.717, 1.165) is 10.0 Å². The molecular formula is C17H16BrN3O3. The highest BCUT2D eigenvalue weighted by atomic mass is 79.9. The lowest BCUT2D eigenvalue weighted by Crippen LogP contribution is -2.17. The molecule has 0 atom stereocenters. The second-order valence-electron chi connectivity index (χ2n) is 4.84. The molecule has 0 aliphatic carbocycles. The van der Waals surface area contributed by atoms with Crippen LogP contribution in [0.4, 0.5) is 5.69 Å². The Morgan fingerprint density at radius 2 is 1.88 bits per heavy atom. The number of carbonyl (C=O) groups is 2. The maximum absolute atomic E-state index is 12.0. The Labute approximate surface area is 148 Å². The van der Waals surface area contributed by atoms with Crippen LogP contribution < -0.4 is 15.5 Å². The van der Waals surface area contributed by atoms with Crippen LogP contribution in [0.25, 0.3) is 0 Å². The lowest BCUT2D eigenvalue weighted by Gasteiger charge is -2.05. The molecule has 2 rings (SSSR count). The van der Waals surface area contributed by atoms with Crippen LogP contribution >= 0.6 is 15.9 Å². The molecule has 0 saturated carbocycles. The van der Waals surface area contributed by atoms with Gasteiger partial charge in [0, 0.05) is 28.2 Å². The molecule has 2 N–H and O–H groups in total. The van der Waals surface area contributed by atoms with Gasteiger partial charge in [-0.1, -0.05) is 15.9 Å². The lowest BCUT2D eigenvalue weighted by atomic mass is 10.2. The molecule has 0 heterocycles. The van der Waals surface area contributed by atoms with Gasteiger partial charge < -0.3 is 10.1 Å². The molecule has 0 fully saturated rings. The number of ether oxygens (including phenoxy) is 1. The molecule has 0 bridgehead atoms. The van der Waals surface area contributed by atoms with Gasteiger partial charge >= 0.3 is 0 Å². The van der Waals surface area contributed by atoms with E-state index in [1.165, 1.54) is 13.1 Å². The maximum atomic E-state index is 12.0. The monoisotopic (exact) mass is 389 g/mol. The average molecular weight is 390 g/mol. The van der Waals surface area contributed by atoms with E-state index in [4.69, 9.17) is 4.74 Å². The molecule has 0 aliphatic rings. The fourth-order valence-electron chi connectivity index (χ4n) is 1.94. The highest BCUT2D eigenvalue weighted by molar-refractivity contribution is 9.10. The summed E-state index contributed by atoms with van der Waals surface area (Å²) >= 11 is 3.37. The van der Waals surface area contributed by atoms with Crippen molar-refractivity contribution in [2.75, 3.05) is 12.4 Å². The minimum absolute atomic E-state index is 0.167. The Hall–Kier alpha value is -2.67. The van der Waals surface area contributed by atoms with E-state index in [2.05, 4.69) is 31.8 Å². The summed E-state index contributed by atoms with van der Waals surface area (Å²) in [7, 11) is 1.57. The number of methoxy groups -OCH3 is 1. The molecule has 6 nitrogen and oxygen atoms in total. The zero-order valence-corrected chi connectivity index (χ0v) is 14.8. The number of anilines is 1. The molecule has 0 aromatic heterocycles. The second-order valence-corrected chi connectivity index (χ2v) is 5.76. The van der Waals surface area contributed by atoms with E-state index in [0.29, 0.717) is 17.0 Å². The third-order valence-corrected chi connectivity index (χ3v) is 3.52. The first-order valence-electron chi connectivity index (χ1n) is 7.04. The average Bonchev–Trinajstić information content (AvgIpc) is 2.55. The van der Waals surface area contributed by atoms with E-state index < -0.39 is 0 Å². The van der Waals surface area contributed by atoms with Gasteiger partial charge in [-0.25, -0.2) is 5.43 Å². The zero-order valence-electron chi connectivity index (χ0n) is 13.2. The minimum atomic E-state index is -0.352. The first-order chi connectivity index (χ1) is 11.5. The summed E-state index contributed by atoms with van der Waals surface area (Å²) < 4.78 is 6.11. The molecule has 0 saturated heterocycles. The number of amides is 2. The highest BCUT2D eigenvalue weighted by Crippen LogP contribution is 2.21. The van der Waals surface area contributed by atoms with Gasteiger partial charge in [0.15, 0.2) is 0 Å². The molecule has 2 amide bonds. The highest BCUT2D eigenvalue weighted by Gasteiger charge is 2.05. The standard InChI is InChI=1S/C17H16BrN3O3/c1-11(22)20-15-6-3-12(4-7-15)17(23)21-19-10-13-9-14(18)5-8-16(13)24-2/h3-10H,1-2H3,(H,20,22)(H,21,23)/b19-10-. The lowest BCUT2D eigenvalue weighted by molar-refractivity contribution is -0.114. The van der Waals surface area contributed by atoms with Crippen molar-refractivity contribution in [3.63, 3.8) is 0 Å². The summed E-state index contributed by atoms with van der Waals surface area (Å²) in [5.74, 6) is 0.130. The van der Waals surface area contributed by atoms with Crippen molar-refractivity contribution in [2.45, 2.75) is 6.92 Å². The van der Waals surface area contributed by atoms with E-state index in [9.17, 15) is 9.59 Å². The van der Waals surface area contributed by atoms with Gasteiger partial charge in [0.2, 0.25) is 5.91 Å². The van der Waals surface area contributed by atoms with Gasteiger partial charge in [-0.2, -0.15) is 5.10 Å². The molecule has 24 heavy (non-hydrogen) atoms. The van der Waals surface area contributed by atoms with Crippen molar-refractivity contribution in [3.05, 3.63) is 58.1 Å². The Kier molecular flexibility index (Phi) is 6.08. The predicted octanol–water partition coefficient (Wildman–Crippen LogP) is 3.18. The number of hydrazone groups is 1. The van der Waals surface area contributed by atoms with E-state index in [1.807, 2.05) is 12.1 Å². The van der Waals surface area contributed by atoms with Gasteiger partial charge in [0.1, 0.15) is 5.75 Å². The third kappa shape index (κ3) is 4.92. The molecule has 2 aromatic carbocycles. The number of halogens is 1. The maximum Gasteiger partial charge on any atom is 0.271 e. The van der Waals surface area contributed by atoms with Crippen LogP contribution in [0.3, 0.4) is 0 Å². The van der Waals surface area contributed by atoms with Crippen LogP contribution in [0.1, 0.15) is 22.8 Å². The van der Waals surface area contributed by atoms with E-state index in [1.54, 1.807) is 37.4 Å². The molecule has 2 aromatic rings. The summed E-state index contributed by atoms with van der Waals surface area (Å²) in [6.07, 6.45) is 1.51. The Morgan fingerprint density at radius 1 is 1.17 bits per heavy atom. The zero-order chi connectivity index (χ0) is 17.5. The van der Waals surface area contributed by atoms with Crippen molar-refractivity contribution in [1.29, 1.82) is 0 Å². The van der Waals surface area contributed by atoms with Crippen LogP contribution in [-0.2, 0) is 4.79 Å². The van der Waals surface area contributed by atoms with Crippen LogP contribution in [-0.4, -0.2) is 25.1 Å². The number of nitrogens with zero attached hydrogens (tertiary/aromatic N) is 1. The fourth-order valence-corrected chi connectivity index (χ4v) is 2.32. The molecular weight excluding hydrogens is 374 g/mol. The van der Waals surface area contributed by atoms with Crippen LogP contribution in [0.5, 0.6) is 5.75 Å². The van der Waals surface area contributed by atoms with Crippen LogP contribution in [0.2, 0.25) is 0 Å². The van der Waals surface area contributed by atoms with Gasteiger partial charge in [0.05, 0.1) is 13.3 Å². The van der Waals surface area contributed by atoms with Gasteiger partial charge in [-0.05, 0) is 42.5 Å². The topological polar surface area (TPSA) is 79.8 Å². The quantitative estimate of drug-likeness (QED) is 0.608. The third-order valence-electron chi connectivity index (χ3n) is 3.03. The largest absolute Gasteiger partial charge is 0.496 e. The molecule has 0 radical (unpaired) electrons. The van der Waals surface area contributed by atoms with Crippen molar-refractivity contribution in [1.82, 2.24) is 5.43 Å². The Bertz CT molecular complexity index is 773. The van der Waals surface area contributed by atoms with Gasteiger partial charge in [0.25, 0.3) is 5.91 Å². The SMILES string of the molecule is COc1ccc(Br)cc1/C=N\NC(=O)c1ccc(NC(C)=O)cc1. The first kappa shape index (κ1) is 17.7. The number of benzene rings is 2. The van der Waals surface area contributed by atoms with Gasteiger partial charge in [-0.15, -0.1) is 0 Å². The molecule has 7 heteroatoms. The van der Waals surface area contributed by atoms with Crippen LogP contribution in [0, 0.1) is 0 Å².